The molecule has 5 nitrogen and oxygen atoms in total. The fourth-order valence-electron chi connectivity index (χ4n) is 4.49. The third-order valence-electron chi connectivity index (χ3n) is 6.47. The fraction of sp³-hybridized carbons (Fsp3) is 0.500. The van der Waals surface area contributed by atoms with Crippen molar-refractivity contribution >= 4 is 17.5 Å². The second-order valence-electron chi connectivity index (χ2n) is 9.38. The predicted octanol–water partition coefficient (Wildman–Crippen LogP) is 5.34. The summed E-state index contributed by atoms with van der Waals surface area (Å²) < 4.78 is 0. The Labute approximate surface area is 199 Å². The number of hydrogen-bond donors (Lipinski definition) is 2. The van der Waals surface area contributed by atoms with Crippen LogP contribution in [-0.2, 0) is 11.2 Å². The number of rotatable bonds is 10. The Hall–Kier alpha value is -2.66. The molecule has 2 atom stereocenters. The molecule has 0 radical (unpaired) electrons. The van der Waals surface area contributed by atoms with Crippen molar-refractivity contribution < 1.29 is 9.59 Å². The first-order valence-electron chi connectivity index (χ1n) is 12.5. The molecule has 0 aromatic heterocycles. The number of nitrogens with one attached hydrogen (secondary N) is 2. The van der Waals surface area contributed by atoms with Gasteiger partial charge in [0.1, 0.15) is 0 Å². The van der Waals surface area contributed by atoms with Crippen LogP contribution in [0.5, 0.6) is 0 Å². The van der Waals surface area contributed by atoms with Crippen LogP contribution in [0.15, 0.2) is 48.5 Å². The van der Waals surface area contributed by atoms with E-state index in [0.717, 1.165) is 56.4 Å². The van der Waals surface area contributed by atoms with E-state index in [4.69, 9.17) is 0 Å². The quantitative estimate of drug-likeness (QED) is 0.515. The second kappa shape index (κ2) is 12.5. The molecule has 33 heavy (non-hydrogen) atoms. The normalized spacial score (nSPS) is 16.2. The summed E-state index contributed by atoms with van der Waals surface area (Å²) in [5.74, 6) is 0.229. The molecule has 3 rings (SSSR count). The van der Waals surface area contributed by atoms with Gasteiger partial charge in [0.15, 0.2) is 0 Å². The van der Waals surface area contributed by atoms with Crippen LogP contribution >= 0.6 is 0 Å². The minimum atomic E-state index is -0.0903. The van der Waals surface area contributed by atoms with Gasteiger partial charge in [0, 0.05) is 42.8 Å². The molecule has 178 valence electrons. The zero-order valence-corrected chi connectivity index (χ0v) is 20.4. The van der Waals surface area contributed by atoms with Crippen molar-refractivity contribution in [2.75, 3.05) is 18.4 Å². The van der Waals surface area contributed by atoms with Crippen molar-refractivity contribution in [3.05, 3.63) is 65.2 Å². The number of benzene rings is 2. The maximum absolute atomic E-state index is 12.5. The van der Waals surface area contributed by atoms with E-state index in [1.165, 1.54) is 12.0 Å². The summed E-state index contributed by atoms with van der Waals surface area (Å²) in [5, 5.41) is 6.76. The van der Waals surface area contributed by atoms with Gasteiger partial charge in [-0.2, -0.15) is 0 Å². The first kappa shape index (κ1) is 25.0. The molecule has 1 heterocycles. The molecule has 2 N–H and O–H groups in total. The van der Waals surface area contributed by atoms with Gasteiger partial charge in [0.2, 0.25) is 5.91 Å². The molecule has 2 unspecified atom stereocenters. The van der Waals surface area contributed by atoms with E-state index in [0.29, 0.717) is 30.0 Å². The lowest BCUT2D eigenvalue weighted by molar-refractivity contribution is -0.130. The highest BCUT2D eigenvalue weighted by molar-refractivity contribution is 6.04. The molecule has 2 aromatic rings. The van der Waals surface area contributed by atoms with Gasteiger partial charge < -0.3 is 15.5 Å². The number of anilines is 1. The van der Waals surface area contributed by atoms with Crippen LogP contribution in [0, 0.1) is 6.92 Å². The van der Waals surface area contributed by atoms with Crippen LogP contribution in [0.3, 0.4) is 0 Å². The van der Waals surface area contributed by atoms with Crippen molar-refractivity contribution in [3.8, 4) is 0 Å². The largest absolute Gasteiger partial charge is 0.343 e. The van der Waals surface area contributed by atoms with Crippen LogP contribution in [-0.4, -0.2) is 41.9 Å². The summed E-state index contributed by atoms with van der Waals surface area (Å²) in [7, 11) is 0. The molecule has 1 saturated heterocycles. The molecule has 0 aliphatic carbocycles. The first-order valence-corrected chi connectivity index (χ1v) is 12.5. The van der Waals surface area contributed by atoms with Gasteiger partial charge in [-0.25, -0.2) is 0 Å². The maximum atomic E-state index is 12.5. The van der Waals surface area contributed by atoms with Crippen LogP contribution in [0.4, 0.5) is 5.69 Å². The van der Waals surface area contributed by atoms with Crippen molar-refractivity contribution in [1.29, 1.82) is 0 Å². The highest BCUT2D eigenvalue weighted by atomic mass is 16.2. The van der Waals surface area contributed by atoms with Gasteiger partial charge in [-0.3, -0.25) is 9.59 Å². The average Bonchev–Trinajstić information content (AvgIpc) is 3.01. The third-order valence-corrected chi connectivity index (χ3v) is 6.47. The molecule has 1 fully saturated rings. The molecule has 5 heteroatoms. The lowest BCUT2D eigenvalue weighted by atomic mass is 10.0. The Morgan fingerprint density at radius 2 is 1.88 bits per heavy atom. The van der Waals surface area contributed by atoms with Gasteiger partial charge in [-0.1, -0.05) is 43.2 Å². The Kier molecular flexibility index (Phi) is 9.49. The van der Waals surface area contributed by atoms with E-state index >= 15 is 0 Å². The van der Waals surface area contributed by atoms with Gasteiger partial charge in [-0.15, -0.1) is 0 Å². The molecule has 0 spiro atoms. The monoisotopic (exact) mass is 449 g/mol. The molecule has 2 amide bonds. The topological polar surface area (TPSA) is 61.4 Å². The number of likely N-dealkylation sites (tertiary alicyclic amines) is 1. The molecule has 0 saturated carbocycles. The summed E-state index contributed by atoms with van der Waals surface area (Å²) in [6.07, 6.45) is 6.94. The highest BCUT2D eigenvalue weighted by Crippen LogP contribution is 2.16. The molecular weight excluding hydrogens is 410 g/mol. The summed E-state index contributed by atoms with van der Waals surface area (Å²) in [4.78, 5) is 26.9. The van der Waals surface area contributed by atoms with Crippen LogP contribution in [0.2, 0.25) is 0 Å². The number of carbonyl (C=O) groups excluding carboxylic acids is 2. The number of aryl methyl sites for hydroxylation is 1. The Bertz CT molecular complexity index is 910. The molecule has 0 bridgehead atoms. The minimum Gasteiger partial charge on any atom is -0.343 e. The van der Waals surface area contributed by atoms with E-state index in [2.05, 4.69) is 41.5 Å². The van der Waals surface area contributed by atoms with E-state index in [9.17, 15) is 9.59 Å². The van der Waals surface area contributed by atoms with E-state index in [1.807, 2.05) is 43.3 Å². The number of carbonyl (C=O) groups is 2. The number of amides is 2. The van der Waals surface area contributed by atoms with E-state index < -0.39 is 0 Å². The third kappa shape index (κ3) is 8.01. The zero-order chi connectivity index (χ0) is 23.6. The number of nitrogens with zero attached hydrogens (tertiary/aromatic N) is 1. The van der Waals surface area contributed by atoms with Gasteiger partial charge in [-0.05, 0) is 75.8 Å². The molecule has 1 aliphatic heterocycles. The maximum Gasteiger partial charge on any atom is 0.255 e. The van der Waals surface area contributed by atoms with Gasteiger partial charge >= 0.3 is 0 Å². The lowest BCUT2D eigenvalue weighted by Crippen LogP contribution is -2.41. The average molecular weight is 450 g/mol. The first-order chi connectivity index (χ1) is 15.9. The second-order valence-corrected chi connectivity index (χ2v) is 9.38. The lowest BCUT2D eigenvalue weighted by Gasteiger charge is -2.26. The Morgan fingerprint density at radius 3 is 2.64 bits per heavy atom. The number of hydrogen-bond acceptors (Lipinski definition) is 3. The van der Waals surface area contributed by atoms with Crippen molar-refractivity contribution in [1.82, 2.24) is 10.2 Å². The van der Waals surface area contributed by atoms with Crippen molar-refractivity contribution in [3.63, 3.8) is 0 Å². The van der Waals surface area contributed by atoms with Gasteiger partial charge in [0.05, 0.1) is 0 Å². The SMILES string of the molecule is CCC(CCN1CCCCCC1=O)NC(C)Cc1cccc(NC(=O)c2ccc(C)cc2)c1. The van der Waals surface area contributed by atoms with Crippen LogP contribution in [0.1, 0.15) is 73.9 Å². The molecule has 2 aromatic carbocycles. The Balaban J connectivity index is 1.50. The van der Waals surface area contributed by atoms with Crippen LogP contribution in [0.25, 0.3) is 0 Å². The Morgan fingerprint density at radius 1 is 1.09 bits per heavy atom. The molecular formula is C28H39N3O2. The summed E-state index contributed by atoms with van der Waals surface area (Å²) in [5.41, 5.74) is 3.81. The summed E-state index contributed by atoms with van der Waals surface area (Å²) in [6.45, 7) is 8.18. The minimum absolute atomic E-state index is 0.0903. The van der Waals surface area contributed by atoms with Crippen LogP contribution < -0.4 is 10.6 Å². The highest BCUT2D eigenvalue weighted by Gasteiger charge is 2.18. The zero-order valence-electron chi connectivity index (χ0n) is 20.4. The van der Waals surface area contributed by atoms with Gasteiger partial charge in [0.25, 0.3) is 5.91 Å². The van der Waals surface area contributed by atoms with E-state index in [-0.39, 0.29) is 5.91 Å². The predicted molar refractivity (Wildman–Crippen MR) is 136 cm³/mol. The molecule has 1 aliphatic rings. The van der Waals surface area contributed by atoms with E-state index in [1.54, 1.807) is 0 Å². The van der Waals surface area contributed by atoms with Crippen molar-refractivity contribution in [2.45, 2.75) is 77.8 Å². The summed E-state index contributed by atoms with van der Waals surface area (Å²) >= 11 is 0. The van der Waals surface area contributed by atoms with Crippen molar-refractivity contribution in [2.24, 2.45) is 0 Å². The smallest absolute Gasteiger partial charge is 0.255 e. The summed E-state index contributed by atoms with van der Waals surface area (Å²) in [6, 6.07) is 16.4. The fourth-order valence-corrected chi connectivity index (χ4v) is 4.49. The standard InChI is InChI=1S/C28H39N3O2/c1-4-25(16-18-31-17-7-5-6-11-27(31)32)29-22(3)19-23-9-8-10-26(20-23)30-28(33)24-14-12-21(2)13-15-24/h8-10,12-15,20,22,25,29H,4-7,11,16-19H2,1-3H3,(H,30,33).